The van der Waals surface area contributed by atoms with Gasteiger partial charge in [0.1, 0.15) is 13.3 Å². The van der Waals surface area contributed by atoms with Gasteiger partial charge in [-0.2, -0.15) is 0 Å². The standard InChI is InChI=1S/C7H9N2O2/c1-6-3-4-7(8-5-6)9(10)11-2/h3-5H,1-2H3/q+1. The highest BCUT2D eigenvalue weighted by molar-refractivity contribution is 5.20. The number of rotatable bonds is 2. The Balaban J connectivity index is 2.90. The van der Waals surface area contributed by atoms with E-state index in [2.05, 4.69) is 9.82 Å². The van der Waals surface area contributed by atoms with Crippen molar-refractivity contribution in [1.82, 2.24) is 4.98 Å². The summed E-state index contributed by atoms with van der Waals surface area (Å²) in [5, 5.41) is 0. The summed E-state index contributed by atoms with van der Waals surface area (Å²) in [6.07, 6.45) is 1.61. The lowest BCUT2D eigenvalue weighted by Gasteiger charge is -1.88. The van der Waals surface area contributed by atoms with Gasteiger partial charge in [0.25, 0.3) is 0 Å². The van der Waals surface area contributed by atoms with Crippen LogP contribution in [0, 0.1) is 11.8 Å². The molecule has 0 saturated heterocycles. The van der Waals surface area contributed by atoms with Gasteiger partial charge in [0, 0.05) is 6.07 Å². The molecule has 4 heteroatoms. The van der Waals surface area contributed by atoms with Gasteiger partial charge in [0.15, 0.2) is 4.92 Å². The van der Waals surface area contributed by atoms with Crippen LogP contribution < -0.4 is 0 Å². The Kier molecular flexibility index (Phi) is 2.15. The van der Waals surface area contributed by atoms with Crippen molar-refractivity contribution in [2.75, 3.05) is 7.11 Å². The molecule has 1 aromatic heterocycles. The Morgan fingerprint density at radius 2 is 2.27 bits per heavy atom. The van der Waals surface area contributed by atoms with Gasteiger partial charge in [-0.1, -0.05) is 0 Å². The zero-order chi connectivity index (χ0) is 8.27. The van der Waals surface area contributed by atoms with Crippen molar-refractivity contribution in [1.29, 1.82) is 0 Å². The van der Waals surface area contributed by atoms with Gasteiger partial charge in [-0.3, -0.25) is 0 Å². The smallest absolute Gasteiger partial charge is 0.302 e. The SMILES string of the molecule is CO[N+](=O)c1ccc(C)cn1. The molecule has 0 bridgehead atoms. The van der Waals surface area contributed by atoms with E-state index < -0.39 is 0 Å². The van der Waals surface area contributed by atoms with Crippen molar-refractivity contribution >= 4 is 5.82 Å². The van der Waals surface area contributed by atoms with E-state index in [0.717, 1.165) is 5.56 Å². The molecule has 0 amide bonds. The summed E-state index contributed by atoms with van der Waals surface area (Å²) < 4.78 is 0. The van der Waals surface area contributed by atoms with E-state index in [1.165, 1.54) is 7.11 Å². The van der Waals surface area contributed by atoms with Gasteiger partial charge in [-0.05, 0) is 28.4 Å². The first-order valence-corrected chi connectivity index (χ1v) is 3.18. The second-order valence-electron chi connectivity index (χ2n) is 2.13. The molecule has 0 radical (unpaired) electrons. The summed E-state index contributed by atoms with van der Waals surface area (Å²) in [5.41, 5.74) is 1.01. The maximum atomic E-state index is 10.8. The van der Waals surface area contributed by atoms with Crippen molar-refractivity contribution in [3.05, 3.63) is 28.8 Å². The molecule has 0 aliphatic rings. The maximum Gasteiger partial charge on any atom is 0.408 e. The topological polar surface area (TPSA) is 42.2 Å². The van der Waals surface area contributed by atoms with Crippen LogP contribution in [0.5, 0.6) is 0 Å². The van der Waals surface area contributed by atoms with E-state index in [4.69, 9.17) is 0 Å². The summed E-state index contributed by atoms with van der Waals surface area (Å²) in [6, 6.07) is 3.40. The number of nitrogens with zero attached hydrogens (tertiary/aromatic N) is 2. The lowest BCUT2D eigenvalue weighted by Crippen LogP contribution is -1.99. The second kappa shape index (κ2) is 3.09. The van der Waals surface area contributed by atoms with E-state index in [0.29, 0.717) is 4.92 Å². The molecule has 58 valence electrons. The first kappa shape index (κ1) is 7.65. The normalized spacial score (nSPS) is 9.27. The molecule has 1 rings (SSSR count). The van der Waals surface area contributed by atoms with Gasteiger partial charge < -0.3 is 4.84 Å². The van der Waals surface area contributed by atoms with E-state index in [9.17, 15) is 4.91 Å². The van der Waals surface area contributed by atoms with Crippen LogP contribution in [0.1, 0.15) is 5.56 Å². The Labute approximate surface area is 64.4 Å². The van der Waals surface area contributed by atoms with Crippen LogP contribution in [0.25, 0.3) is 0 Å². The Hall–Kier alpha value is -1.45. The predicted molar refractivity (Wildman–Crippen MR) is 39.3 cm³/mol. The average Bonchev–Trinajstić information content (AvgIpc) is 2.05. The number of aryl methyl sites for hydroxylation is 1. The molecule has 0 aliphatic carbocycles. The Morgan fingerprint density at radius 1 is 1.55 bits per heavy atom. The summed E-state index contributed by atoms with van der Waals surface area (Å²) in [7, 11) is 1.30. The summed E-state index contributed by atoms with van der Waals surface area (Å²) in [5.74, 6) is 0.262. The first-order chi connectivity index (χ1) is 5.24. The van der Waals surface area contributed by atoms with Gasteiger partial charge in [-0.15, -0.1) is 0 Å². The van der Waals surface area contributed by atoms with Crippen molar-refractivity contribution in [2.45, 2.75) is 6.92 Å². The molecule has 1 aromatic rings. The molecule has 1 heterocycles. The van der Waals surface area contributed by atoms with E-state index in [1.807, 2.05) is 6.92 Å². The van der Waals surface area contributed by atoms with Crippen LogP contribution in [0.15, 0.2) is 18.3 Å². The highest BCUT2D eigenvalue weighted by Crippen LogP contribution is 2.06. The minimum atomic E-state index is 0.262. The number of hydrogen-bond donors (Lipinski definition) is 0. The third-order valence-corrected chi connectivity index (χ3v) is 1.25. The number of hydrogen-bond acceptors (Lipinski definition) is 3. The third-order valence-electron chi connectivity index (χ3n) is 1.25. The van der Waals surface area contributed by atoms with Gasteiger partial charge in [-0.25, -0.2) is 0 Å². The molecule has 0 aliphatic heterocycles. The van der Waals surface area contributed by atoms with Crippen LogP contribution in [-0.4, -0.2) is 17.0 Å². The first-order valence-electron chi connectivity index (χ1n) is 3.18. The monoisotopic (exact) mass is 153 g/mol. The molecular formula is C7H9N2O2+. The van der Waals surface area contributed by atoms with Crippen LogP contribution in [0.2, 0.25) is 0 Å². The molecule has 0 N–H and O–H groups in total. The van der Waals surface area contributed by atoms with E-state index in [-0.39, 0.29) is 5.82 Å². The van der Waals surface area contributed by atoms with Gasteiger partial charge in [0.05, 0.1) is 0 Å². The fraction of sp³-hybridized carbons (Fsp3) is 0.286. The number of pyridine rings is 1. The highest BCUT2D eigenvalue weighted by atomic mass is 16.8. The third kappa shape index (κ3) is 1.73. The van der Waals surface area contributed by atoms with Crippen molar-refractivity contribution in [3.8, 4) is 0 Å². The van der Waals surface area contributed by atoms with Gasteiger partial charge >= 0.3 is 5.82 Å². The molecule has 0 fully saturated rings. The van der Waals surface area contributed by atoms with E-state index in [1.54, 1.807) is 18.3 Å². The fourth-order valence-corrected chi connectivity index (χ4v) is 0.662. The van der Waals surface area contributed by atoms with Crippen LogP contribution in [0.3, 0.4) is 0 Å². The van der Waals surface area contributed by atoms with Crippen molar-refractivity contribution in [2.24, 2.45) is 0 Å². The van der Waals surface area contributed by atoms with Crippen LogP contribution in [-0.2, 0) is 4.84 Å². The lowest BCUT2D eigenvalue weighted by molar-refractivity contribution is -0.739. The molecule has 0 unspecified atom stereocenters. The van der Waals surface area contributed by atoms with Crippen molar-refractivity contribution in [3.63, 3.8) is 0 Å². The minimum Gasteiger partial charge on any atom is -0.302 e. The Bertz CT molecular complexity index is 256. The molecule has 11 heavy (non-hydrogen) atoms. The highest BCUT2D eigenvalue weighted by Gasteiger charge is 2.11. The summed E-state index contributed by atoms with van der Waals surface area (Å²) in [6.45, 7) is 1.90. The van der Waals surface area contributed by atoms with Crippen LogP contribution in [0.4, 0.5) is 5.82 Å². The van der Waals surface area contributed by atoms with E-state index >= 15 is 0 Å². The van der Waals surface area contributed by atoms with Gasteiger partial charge in [0.2, 0.25) is 0 Å². The largest absolute Gasteiger partial charge is 0.408 e. The molecule has 0 aromatic carbocycles. The molecule has 0 spiro atoms. The molecule has 4 nitrogen and oxygen atoms in total. The van der Waals surface area contributed by atoms with Crippen LogP contribution >= 0.6 is 0 Å². The summed E-state index contributed by atoms with van der Waals surface area (Å²) in [4.78, 5) is 19.3. The average molecular weight is 153 g/mol. The fourth-order valence-electron chi connectivity index (χ4n) is 0.662. The van der Waals surface area contributed by atoms with Crippen molar-refractivity contribution < 1.29 is 9.76 Å². The number of aromatic nitrogens is 1. The minimum absolute atomic E-state index is 0.262. The second-order valence-corrected chi connectivity index (χ2v) is 2.13. The molecule has 0 saturated carbocycles. The molecular weight excluding hydrogens is 144 g/mol. The maximum absolute atomic E-state index is 10.8. The zero-order valence-electron chi connectivity index (χ0n) is 6.44. The Morgan fingerprint density at radius 3 is 2.73 bits per heavy atom. The summed E-state index contributed by atoms with van der Waals surface area (Å²) >= 11 is 0. The quantitative estimate of drug-likeness (QED) is 0.602. The lowest BCUT2D eigenvalue weighted by atomic mass is 10.3. The zero-order valence-corrected chi connectivity index (χ0v) is 6.44. The predicted octanol–water partition coefficient (Wildman–Crippen LogP) is 1.36. The molecule has 0 atom stereocenters.